The molecule has 0 aliphatic carbocycles. The molecule has 180 valence electrons. The molecule has 0 aromatic heterocycles. The monoisotopic (exact) mass is 493 g/mol. The zero-order chi connectivity index (χ0) is 24.6. The second-order valence-corrected chi connectivity index (χ2v) is 10.3. The maximum atomic E-state index is 13.4. The normalized spacial score (nSPS) is 12.2. The molecule has 0 unspecified atom stereocenters. The molecule has 0 fully saturated rings. The molecule has 0 bridgehead atoms. The molecule has 33 heavy (non-hydrogen) atoms. The zero-order valence-electron chi connectivity index (χ0n) is 19.5. The number of benzene rings is 2. The van der Waals surface area contributed by atoms with E-state index in [4.69, 9.17) is 11.6 Å². The summed E-state index contributed by atoms with van der Waals surface area (Å²) in [6, 6.07) is 13.7. The van der Waals surface area contributed by atoms with Crippen LogP contribution < -0.4 is 9.62 Å². The van der Waals surface area contributed by atoms with E-state index in [0.717, 1.165) is 22.5 Å². The van der Waals surface area contributed by atoms with Crippen LogP contribution in [-0.4, -0.2) is 57.1 Å². The predicted molar refractivity (Wildman–Crippen MR) is 133 cm³/mol. The summed E-state index contributed by atoms with van der Waals surface area (Å²) in [6.07, 6.45) is 2.37. The maximum Gasteiger partial charge on any atom is 0.244 e. The van der Waals surface area contributed by atoms with Crippen molar-refractivity contribution < 1.29 is 18.0 Å². The first-order chi connectivity index (χ1) is 15.5. The topological polar surface area (TPSA) is 86.8 Å². The van der Waals surface area contributed by atoms with Gasteiger partial charge in [0.25, 0.3) is 0 Å². The van der Waals surface area contributed by atoms with E-state index in [-0.39, 0.29) is 12.5 Å². The SMILES string of the molecule is CCCNC(=O)[C@@H](C)N(CCc1ccccc1)C(=O)CN(c1ccc(Cl)cc1C)S(C)(=O)=O. The lowest BCUT2D eigenvalue weighted by molar-refractivity contribution is -0.138. The van der Waals surface area contributed by atoms with E-state index in [1.807, 2.05) is 37.3 Å². The van der Waals surface area contributed by atoms with Gasteiger partial charge < -0.3 is 10.2 Å². The lowest BCUT2D eigenvalue weighted by Gasteiger charge is -2.32. The number of halogens is 1. The minimum Gasteiger partial charge on any atom is -0.354 e. The Balaban J connectivity index is 2.32. The second kappa shape index (κ2) is 12.0. The highest BCUT2D eigenvalue weighted by Crippen LogP contribution is 2.26. The zero-order valence-corrected chi connectivity index (χ0v) is 21.1. The van der Waals surface area contributed by atoms with Crippen LogP contribution in [0, 0.1) is 6.92 Å². The van der Waals surface area contributed by atoms with E-state index in [0.29, 0.717) is 29.2 Å². The van der Waals surface area contributed by atoms with Crippen molar-refractivity contribution in [2.75, 3.05) is 30.2 Å². The van der Waals surface area contributed by atoms with Gasteiger partial charge in [-0.2, -0.15) is 0 Å². The van der Waals surface area contributed by atoms with Gasteiger partial charge in [0, 0.05) is 18.1 Å². The minimum atomic E-state index is -3.77. The summed E-state index contributed by atoms with van der Waals surface area (Å²) in [4.78, 5) is 27.5. The van der Waals surface area contributed by atoms with Crippen LogP contribution >= 0.6 is 11.6 Å². The molecule has 0 spiro atoms. The van der Waals surface area contributed by atoms with Crippen molar-refractivity contribution in [3.63, 3.8) is 0 Å². The standard InChI is InChI=1S/C24H32ClN3O4S/c1-5-14-26-24(30)19(3)27(15-13-20-9-7-6-8-10-20)23(29)17-28(33(4,31)32)22-12-11-21(25)16-18(22)2/h6-12,16,19H,5,13-15,17H2,1-4H3,(H,26,30)/t19-/m1/s1. The molecule has 0 aliphatic rings. The van der Waals surface area contributed by atoms with Crippen LogP contribution in [0.4, 0.5) is 5.69 Å². The smallest absolute Gasteiger partial charge is 0.244 e. The average Bonchev–Trinajstić information content (AvgIpc) is 2.76. The van der Waals surface area contributed by atoms with Gasteiger partial charge >= 0.3 is 0 Å². The van der Waals surface area contributed by atoms with Crippen molar-refractivity contribution in [1.82, 2.24) is 10.2 Å². The number of rotatable bonds is 11. The van der Waals surface area contributed by atoms with Gasteiger partial charge in [0.2, 0.25) is 21.8 Å². The number of nitrogens with zero attached hydrogens (tertiary/aromatic N) is 2. The predicted octanol–water partition coefficient (Wildman–Crippen LogP) is 3.40. The molecule has 0 saturated heterocycles. The van der Waals surface area contributed by atoms with E-state index in [9.17, 15) is 18.0 Å². The maximum absolute atomic E-state index is 13.4. The summed E-state index contributed by atoms with van der Waals surface area (Å²) < 4.78 is 26.3. The molecule has 1 atom stereocenters. The van der Waals surface area contributed by atoms with Gasteiger partial charge in [-0.05, 0) is 56.0 Å². The van der Waals surface area contributed by atoms with Crippen LogP contribution in [0.2, 0.25) is 5.02 Å². The molecule has 2 amide bonds. The number of carbonyl (C=O) groups excluding carboxylic acids is 2. The number of anilines is 1. The summed E-state index contributed by atoms with van der Waals surface area (Å²) in [7, 11) is -3.77. The molecule has 0 heterocycles. The van der Waals surface area contributed by atoms with Crippen molar-refractivity contribution in [2.45, 2.75) is 39.7 Å². The number of aryl methyl sites for hydroxylation is 1. The van der Waals surface area contributed by atoms with Crippen LogP contribution in [-0.2, 0) is 26.0 Å². The highest BCUT2D eigenvalue weighted by molar-refractivity contribution is 7.92. The molecule has 0 aliphatic heterocycles. The summed E-state index contributed by atoms with van der Waals surface area (Å²) in [6.45, 7) is 5.71. The first-order valence-corrected chi connectivity index (χ1v) is 13.1. The third-order valence-corrected chi connectivity index (χ3v) is 6.67. The average molecular weight is 494 g/mol. The molecule has 0 radical (unpaired) electrons. The summed E-state index contributed by atoms with van der Waals surface area (Å²) >= 11 is 6.02. The third kappa shape index (κ3) is 7.75. The lowest BCUT2D eigenvalue weighted by atomic mass is 10.1. The van der Waals surface area contributed by atoms with Gasteiger partial charge in [-0.3, -0.25) is 13.9 Å². The Hall–Kier alpha value is -2.58. The second-order valence-electron chi connectivity index (χ2n) is 7.99. The van der Waals surface area contributed by atoms with Gasteiger partial charge in [-0.1, -0.05) is 48.9 Å². The Morgan fingerprint density at radius 1 is 1.12 bits per heavy atom. The van der Waals surface area contributed by atoms with Crippen molar-refractivity contribution in [3.05, 3.63) is 64.7 Å². The van der Waals surface area contributed by atoms with Crippen LogP contribution in [0.1, 0.15) is 31.4 Å². The van der Waals surface area contributed by atoms with Crippen molar-refractivity contribution in [1.29, 1.82) is 0 Å². The van der Waals surface area contributed by atoms with Crippen molar-refractivity contribution in [3.8, 4) is 0 Å². The molecule has 2 aromatic carbocycles. The van der Waals surface area contributed by atoms with E-state index in [1.54, 1.807) is 32.0 Å². The van der Waals surface area contributed by atoms with Gasteiger partial charge in [0.15, 0.2) is 0 Å². The number of amides is 2. The summed E-state index contributed by atoms with van der Waals surface area (Å²) in [5.41, 5.74) is 2.02. The van der Waals surface area contributed by atoms with Crippen molar-refractivity contribution >= 4 is 39.1 Å². The molecular weight excluding hydrogens is 462 g/mol. The third-order valence-electron chi connectivity index (χ3n) is 5.31. The van der Waals surface area contributed by atoms with Gasteiger partial charge in [-0.25, -0.2) is 8.42 Å². The largest absolute Gasteiger partial charge is 0.354 e. The Morgan fingerprint density at radius 3 is 2.36 bits per heavy atom. The molecule has 2 rings (SSSR count). The Morgan fingerprint density at radius 2 is 1.79 bits per heavy atom. The van der Waals surface area contributed by atoms with E-state index in [1.165, 1.54) is 4.90 Å². The first kappa shape index (κ1) is 26.7. The highest BCUT2D eigenvalue weighted by Gasteiger charge is 2.30. The highest BCUT2D eigenvalue weighted by atomic mass is 35.5. The van der Waals surface area contributed by atoms with E-state index < -0.39 is 28.5 Å². The number of hydrogen-bond acceptors (Lipinski definition) is 4. The lowest BCUT2D eigenvalue weighted by Crippen LogP contribution is -2.52. The number of sulfonamides is 1. The summed E-state index contributed by atoms with van der Waals surface area (Å²) in [5, 5.41) is 3.29. The van der Waals surface area contributed by atoms with Gasteiger partial charge in [0.05, 0.1) is 11.9 Å². The quantitative estimate of drug-likeness (QED) is 0.519. The van der Waals surface area contributed by atoms with E-state index in [2.05, 4.69) is 5.32 Å². The fraction of sp³-hybridized carbons (Fsp3) is 0.417. The Bertz CT molecular complexity index is 1060. The number of nitrogens with one attached hydrogen (secondary N) is 1. The van der Waals surface area contributed by atoms with Crippen LogP contribution in [0.15, 0.2) is 48.5 Å². The van der Waals surface area contributed by atoms with Crippen LogP contribution in [0.25, 0.3) is 0 Å². The minimum absolute atomic E-state index is 0.271. The fourth-order valence-corrected chi connectivity index (χ4v) is 4.59. The molecule has 1 N–H and O–H groups in total. The molecule has 7 nitrogen and oxygen atoms in total. The Kier molecular flexibility index (Phi) is 9.73. The van der Waals surface area contributed by atoms with Crippen LogP contribution in [0.3, 0.4) is 0 Å². The number of carbonyl (C=O) groups is 2. The first-order valence-electron chi connectivity index (χ1n) is 10.9. The fourth-order valence-electron chi connectivity index (χ4n) is 3.46. The van der Waals surface area contributed by atoms with Crippen LogP contribution in [0.5, 0.6) is 0 Å². The van der Waals surface area contributed by atoms with Crippen molar-refractivity contribution in [2.24, 2.45) is 0 Å². The van der Waals surface area contributed by atoms with Gasteiger partial charge in [-0.15, -0.1) is 0 Å². The number of hydrogen-bond donors (Lipinski definition) is 1. The Labute approximate surface area is 201 Å². The molecule has 2 aromatic rings. The molecule has 9 heteroatoms. The van der Waals surface area contributed by atoms with Gasteiger partial charge in [0.1, 0.15) is 12.6 Å². The molecule has 0 saturated carbocycles. The summed E-state index contributed by atoms with van der Waals surface area (Å²) in [5.74, 6) is -0.725. The van der Waals surface area contributed by atoms with E-state index >= 15 is 0 Å². The molecular formula is C24H32ClN3O4S.